The highest BCUT2D eigenvalue weighted by molar-refractivity contribution is 7.14. The number of fused-ring (bicyclic) bond motifs is 1. The minimum atomic E-state index is -0.289. The number of rotatable bonds is 14. The summed E-state index contributed by atoms with van der Waals surface area (Å²) in [5, 5.41) is 6.31. The fraction of sp³-hybridized carbons (Fsp3) is 0.500. The fourth-order valence-electron chi connectivity index (χ4n) is 7.64. The number of carbonyl (C=O) groups is 2. The number of Topliss-reactive ketones (excluding diaryl/α,β-unsaturated/α-hetero) is 1. The number of aromatic nitrogens is 2. The molecule has 1 unspecified atom stereocenters. The fourth-order valence-corrected chi connectivity index (χ4v) is 8.79. The molecule has 2 aromatic heterocycles. The SMILES string of the molecule is CCCN(CC)CCC.CCN1CCN(C(C(C)=O)c2ccc(Nc3nc(-c4cccc(NC(=O)c5cc6c(s5)CCCC6)c4C)cn(C)c3=O)cc2)CC1. The molecule has 10 nitrogen and oxygen atoms in total. The van der Waals surface area contributed by atoms with Crippen molar-refractivity contribution < 1.29 is 9.59 Å². The maximum Gasteiger partial charge on any atom is 0.293 e. The largest absolute Gasteiger partial charge is 0.336 e. The summed E-state index contributed by atoms with van der Waals surface area (Å²) < 4.78 is 1.52. The van der Waals surface area contributed by atoms with E-state index >= 15 is 0 Å². The highest BCUT2D eigenvalue weighted by Crippen LogP contribution is 2.32. The molecule has 2 N–H and O–H groups in total. The smallest absolute Gasteiger partial charge is 0.293 e. The van der Waals surface area contributed by atoms with Crippen LogP contribution in [0.15, 0.2) is 59.5 Å². The Morgan fingerprint density at radius 1 is 0.945 bits per heavy atom. The molecular formula is C44H61N7O3S. The average Bonchev–Trinajstić information content (AvgIpc) is 3.63. The zero-order chi connectivity index (χ0) is 39.5. The van der Waals surface area contributed by atoms with E-state index in [1.54, 1.807) is 31.5 Å². The van der Waals surface area contributed by atoms with Crippen LogP contribution in [0, 0.1) is 6.92 Å². The Balaban J connectivity index is 0.000000574. The molecule has 0 spiro atoms. The second-order valence-electron chi connectivity index (χ2n) is 14.8. The summed E-state index contributed by atoms with van der Waals surface area (Å²) in [5.41, 5.74) is 5.72. The van der Waals surface area contributed by atoms with Gasteiger partial charge in [0.05, 0.1) is 16.6 Å². The number of nitrogens with one attached hydrogen (secondary N) is 2. The Morgan fingerprint density at radius 2 is 1.64 bits per heavy atom. The molecule has 1 saturated heterocycles. The number of likely N-dealkylation sites (N-methyl/N-ethyl adjacent to an activating group) is 1. The number of hydrogen-bond acceptors (Lipinski definition) is 9. The first-order chi connectivity index (χ1) is 26.6. The molecule has 6 rings (SSSR count). The number of carbonyl (C=O) groups excluding carboxylic acids is 2. The zero-order valence-corrected chi connectivity index (χ0v) is 34.9. The van der Waals surface area contributed by atoms with Gasteiger partial charge in [0.25, 0.3) is 11.5 Å². The van der Waals surface area contributed by atoms with Gasteiger partial charge >= 0.3 is 0 Å². The lowest BCUT2D eigenvalue weighted by atomic mass is 9.99. The van der Waals surface area contributed by atoms with E-state index in [9.17, 15) is 14.4 Å². The Hall–Kier alpha value is -4.16. The molecule has 2 aromatic carbocycles. The van der Waals surface area contributed by atoms with Gasteiger partial charge < -0.3 is 25.0 Å². The number of amides is 1. The molecule has 4 aromatic rings. The Bertz CT molecular complexity index is 1920. The molecule has 1 amide bonds. The number of hydrogen-bond donors (Lipinski definition) is 2. The lowest BCUT2D eigenvalue weighted by Crippen LogP contribution is -2.48. The predicted octanol–water partition coefficient (Wildman–Crippen LogP) is 8.09. The third kappa shape index (κ3) is 10.8. The monoisotopic (exact) mass is 767 g/mol. The van der Waals surface area contributed by atoms with Gasteiger partial charge in [-0.2, -0.15) is 0 Å². The van der Waals surface area contributed by atoms with E-state index in [0.29, 0.717) is 17.1 Å². The van der Waals surface area contributed by atoms with Gasteiger partial charge in [-0.3, -0.25) is 19.3 Å². The van der Waals surface area contributed by atoms with Gasteiger partial charge in [0.15, 0.2) is 11.6 Å². The van der Waals surface area contributed by atoms with E-state index < -0.39 is 0 Å². The van der Waals surface area contributed by atoms with E-state index in [4.69, 9.17) is 4.98 Å². The molecule has 0 saturated carbocycles. The van der Waals surface area contributed by atoms with Crippen molar-refractivity contribution in [3.8, 4) is 11.3 Å². The van der Waals surface area contributed by atoms with Crippen LogP contribution in [0.1, 0.15) is 97.6 Å². The van der Waals surface area contributed by atoms with Crippen LogP contribution in [0.25, 0.3) is 11.3 Å². The quantitative estimate of drug-likeness (QED) is 0.133. The molecule has 296 valence electrons. The molecule has 1 fully saturated rings. The molecule has 11 heteroatoms. The van der Waals surface area contributed by atoms with E-state index in [0.717, 1.165) is 67.1 Å². The van der Waals surface area contributed by atoms with Crippen molar-refractivity contribution in [2.24, 2.45) is 7.05 Å². The number of piperazine rings is 1. The maximum atomic E-state index is 13.2. The Kier molecular flexibility index (Phi) is 15.4. The average molecular weight is 768 g/mol. The molecular weight excluding hydrogens is 707 g/mol. The van der Waals surface area contributed by atoms with Gasteiger partial charge in [-0.05, 0) is 120 Å². The minimum absolute atomic E-state index is 0.103. The lowest BCUT2D eigenvalue weighted by molar-refractivity contribution is -0.123. The third-order valence-electron chi connectivity index (χ3n) is 10.8. The lowest BCUT2D eigenvalue weighted by Gasteiger charge is -2.38. The van der Waals surface area contributed by atoms with E-state index in [2.05, 4.69) is 53.0 Å². The van der Waals surface area contributed by atoms with Gasteiger partial charge in [-0.15, -0.1) is 11.3 Å². The number of thiophene rings is 1. The summed E-state index contributed by atoms with van der Waals surface area (Å²) >= 11 is 1.60. The summed E-state index contributed by atoms with van der Waals surface area (Å²) in [6.07, 6.45) is 8.74. The summed E-state index contributed by atoms with van der Waals surface area (Å²) in [4.78, 5) is 53.0. The second-order valence-corrected chi connectivity index (χ2v) is 15.9. The summed E-state index contributed by atoms with van der Waals surface area (Å²) in [6, 6.07) is 15.2. The highest BCUT2D eigenvalue weighted by Gasteiger charge is 2.28. The molecule has 1 aliphatic heterocycles. The van der Waals surface area contributed by atoms with Crippen molar-refractivity contribution in [3.05, 3.63) is 91.5 Å². The van der Waals surface area contributed by atoms with Crippen molar-refractivity contribution in [2.75, 3.05) is 63.0 Å². The summed E-state index contributed by atoms with van der Waals surface area (Å²) in [6.45, 7) is 20.8. The van der Waals surface area contributed by atoms with Gasteiger partial charge in [0.2, 0.25) is 0 Å². The van der Waals surface area contributed by atoms with Crippen molar-refractivity contribution in [2.45, 2.75) is 86.1 Å². The first-order valence-corrected chi connectivity index (χ1v) is 21.0. The molecule has 1 atom stereocenters. The van der Waals surface area contributed by atoms with Gasteiger partial charge in [-0.25, -0.2) is 4.98 Å². The second kappa shape index (κ2) is 20.1. The van der Waals surface area contributed by atoms with Crippen LogP contribution in [0.2, 0.25) is 0 Å². The Morgan fingerprint density at radius 3 is 2.25 bits per heavy atom. The maximum absolute atomic E-state index is 13.2. The first kappa shape index (κ1) is 42.0. The number of anilines is 3. The van der Waals surface area contributed by atoms with Crippen LogP contribution >= 0.6 is 11.3 Å². The van der Waals surface area contributed by atoms with Crippen LogP contribution in [0.4, 0.5) is 17.2 Å². The van der Waals surface area contributed by atoms with Crippen LogP contribution in [0.5, 0.6) is 0 Å². The number of nitrogens with zero attached hydrogens (tertiary/aromatic N) is 5. The van der Waals surface area contributed by atoms with Crippen molar-refractivity contribution in [3.63, 3.8) is 0 Å². The van der Waals surface area contributed by atoms with Crippen LogP contribution in [-0.2, 0) is 24.7 Å². The normalized spacial score (nSPS) is 15.2. The van der Waals surface area contributed by atoms with Crippen LogP contribution in [-0.4, -0.2) is 88.3 Å². The van der Waals surface area contributed by atoms with Crippen molar-refractivity contribution in [1.82, 2.24) is 24.3 Å². The standard InChI is InChI=1S/C36H42N6O3S.C8H19N/c1-5-41-17-19-42(20-18-41)33(24(3)43)25-13-15-27(16-14-25)37-34-36(45)40(4)22-30(38-34)28-10-8-11-29(23(28)2)39-35(44)32-21-26-9-6-7-12-31(26)46-32;1-4-7-9(6-3)8-5-2/h8,10-11,13-16,21-22,33H,5-7,9,12,17-20H2,1-4H3,(H,37,38)(H,39,44);4-8H2,1-3H3. The molecule has 2 aliphatic rings. The number of benzene rings is 2. The van der Waals surface area contributed by atoms with Crippen LogP contribution in [0.3, 0.4) is 0 Å². The molecule has 0 radical (unpaired) electrons. The first-order valence-electron chi connectivity index (χ1n) is 20.2. The topological polar surface area (TPSA) is 103 Å². The van der Waals surface area contributed by atoms with Gasteiger partial charge in [0.1, 0.15) is 0 Å². The van der Waals surface area contributed by atoms with Gasteiger partial charge in [0, 0.05) is 61.2 Å². The number of aryl methyl sites for hydroxylation is 3. The van der Waals surface area contributed by atoms with E-state index in [1.165, 1.54) is 60.3 Å². The van der Waals surface area contributed by atoms with Crippen LogP contribution < -0.4 is 16.2 Å². The molecule has 3 heterocycles. The van der Waals surface area contributed by atoms with E-state index in [1.807, 2.05) is 55.5 Å². The molecule has 55 heavy (non-hydrogen) atoms. The minimum Gasteiger partial charge on any atom is -0.336 e. The van der Waals surface area contributed by atoms with Crippen molar-refractivity contribution >= 4 is 40.2 Å². The molecule has 1 aliphatic carbocycles. The highest BCUT2D eigenvalue weighted by atomic mass is 32.1. The third-order valence-corrected chi connectivity index (χ3v) is 12.0. The zero-order valence-electron chi connectivity index (χ0n) is 34.0. The summed E-state index contributed by atoms with van der Waals surface area (Å²) in [7, 11) is 1.71. The van der Waals surface area contributed by atoms with Crippen molar-refractivity contribution in [1.29, 1.82) is 0 Å². The predicted molar refractivity (Wildman–Crippen MR) is 228 cm³/mol. The Labute approximate surface area is 332 Å². The number of ketones is 1. The van der Waals surface area contributed by atoms with Gasteiger partial charge in [-0.1, -0.05) is 52.0 Å². The molecule has 0 bridgehead atoms. The summed E-state index contributed by atoms with van der Waals surface area (Å²) in [5.74, 6) is 0.218. The van der Waals surface area contributed by atoms with E-state index in [-0.39, 0.29) is 29.1 Å².